The summed E-state index contributed by atoms with van der Waals surface area (Å²) < 4.78 is 1.08. The van der Waals surface area contributed by atoms with Crippen molar-refractivity contribution in [1.29, 1.82) is 0 Å². The molecule has 0 aliphatic heterocycles. The average Bonchev–Trinajstić information content (AvgIpc) is 2.19. The molecule has 0 heterocycles. The zero-order valence-electron chi connectivity index (χ0n) is 9.00. The van der Waals surface area contributed by atoms with Crippen molar-refractivity contribution in [2.24, 2.45) is 10.8 Å². The maximum absolute atomic E-state index is 5.41. The molecule has 1 aromatic rings. The lowest BCUT2D eigenvalue weighted by Crippen LogP contribution is -2.32. The normalized spacial score (nSPS) is 11.9. The third-order valence-electron chi connectivity index (χ3n) is 1.87. The van der Waals surface area contributed by atoms with Gasteiger partial charge >= 0.3 is 0 Å². The van der Waals surface area contributed by atoms with Crippen molar-refractivity contribution in [2.45, 2.75) is 26.3 Å². The summed E-state index contributed by atoms with van der Waals surface area (Å²) in [5.41, 5.74) is 3.83. The number of nitrogens with one attached hydrogen (secondary N) is 1. The van der Waals surface area contributed by atoms with Gasteiger partial charge in [0.05, 0.1) is 0 Å². The summed E-state index contributed by atoms with van der Waals surface area (Å²) in [6.07, 6.45) is 0.738. The summed E-state index contributed by atoms with van der Waals surface area (Å²) in [7, 11) is 0. The van der Waals surface area contributed by atoms with Crippen LogP contribution in [0.5, 0.6) is 0 Å². The van der Waals surface area contributed by atoms with Gasteiger partial charge in [0.1, 0.15) is 5.84 Å². The van der Waals surface area contributed by atoms with Crippen LogP contribution in [0, 0.1) is 0 Å². The molecule has 0 saturated carbocycles. The second kappa shape index (κ2) is 5.88. The van der Waals surface area contributed by atoms with Crippen molar-refractivity contribution in [3.63, 3.8) is 0 Å². The van der Waals surface area contributed by atoms with Gasteiger partial charge < -0.3 is 5.43 Å². The minimum absolute atomic E-state index is 0.256. The molecule has 0 aliphatic rings. The Kier molecular flexibility index (Phi) is 4.78. The fraction of sp³-hybridized carbons (Fsp3) is 0.364. The number of hydrogen-bond acceptors (Lipinski definition) is 2. The number of rotatable bonds is 3. The molecule has 1 aromatic carbocycles. The highest BCUT2D eigenvalue weighted by Crippen LogP contribution is 2.11. The summed E-state index contributed by atoms with van der Waals surface area (Å²) in [6.45, 7) is 4.05. The maximum Gasteiger partial charge on any atom is 0.115 e. The van der Waals surface area contributed by atoms with E-state index in [1.54, 1.807) is 0 Å². The molecular weight excluding hydrogens is 254 g/mol. The van der Waals surface area contributed by atoms with Crippen LogP contribution in [0.25, 0.3) is 0 Å². The number of hydrazine groups is 1. The van der Waals surface area contributed by atoms with E-state index in [-0.39, 0.29) is 6.04 Å². The number of nitrogens with two attached hydrogens (primary N) is 1. The van der Waals surface area contributed by atoms with Gasteiger partial charge in [-0.2, -0.15) is 0 Å². The number of hydrogen-bond donors (Lipinski definition) is 2. The summed E-state index contributed by atoms with van der Waals surface area (Å²) in [6, 6.07) is 8.39. The Balaban J connectivity index is 2.71. The van der Waals surface area contributed by atoms with Crippen LogP contribution in [0.2, 0.25) is 0 Å². The lowest BCUT2D eigenvalue weighted by Gasteiger charge is -2.07. The van der Waals surface area contributed by atoms with Crippen molar-refractivity contribution in [3.05, 3.63) is 34.3 Å². The van der Waals surface area contributed by atoms with E-state index < -0.39 is 0 Å². The van der Waals surface area contributed by atoms with Crippen LogP contribution in [0.3, 0.4) is 0 Å². The zero-order valence-corrected chi connectivity index (χ0v) is 10.6. The van der Waals surface area contributed by atoms with Crippen molar-refractivity contribution < 1.29 is 0 Å². The second-order valence-electron chi connectivity index (χ2n) is 3.62. The summed E-state index contributed by atoms with van der Waals surface area (Å²) >= 11 is 3.40. The number of aliphatic imine (C=N–C) groups is 1. The van der Waals surface area contributed by atoms with E-state index in [1.165, 1.54) is 5.56 Å². The number of benzene rings is 1. The number of nitrogens with zero attached hydrogens (tertiary/aromatic N) is 1. The third kappa shape index (κ3) is 4.44. The fourth-order valence-corrected chi connectivity index (χ4v) is 1.51. The first kappa shape index (κ1) is 12.2. The largest absolute Gasteiger partial charge is 0.312 e. The van der Waals surface area contributed by atoms with Crippen molar-refractivity contribution in [1.82, 2.24) is 5.43 Å². The first-order chi connectivity index (χ1) is 7.11. The van der Waals surface area contributed by atoms with Crippen molar-refractivity contribution in [3.8, 4) is 0 Å². The van der Waals surface area contributed by atoms with Crippen LogP contribution >= 0.6 is 15.9 Å². The Labute approximate surface area is 98.9 Å². The Hall–Kier alpha value is -0.870. The van der Waals surface area contributed by atoms with Gasteiger partial charge in [0.15, 0.2) is 0 Å². The van der Waals surface area contributed by atoms with Gasteiger partial charge in [-0.3, -0.25) is 4.99 Å². The molecule has 0 aliphatic carbocycles. The molecule has 3 nitrogen and oxygen atoms in total. The Morgan fingerprint density at radius 1 is 1.40 bits per heavy atom. The van der Waals surface area contributed by atoms with Crippen LogP contribution in [0.1, 0.15) is 19.4 Å². The predicted molar refractivity (Wildman–Crippen MR) is 67.7 cm³/mol. The van der Waals surface area contributed by atoms with Crippen molar-refractivity contribution in [2.75, 3.05) is 0 Å². The lowest BCUT2D eigenvalue weighted by molar-refractivity contribution is 0.811. The average molecular weight is 270 g/mol. The van der Waals surface area contributed by atoms with E-state index in [0.29, 0.717) is 0 Å². The van der Waals surface area contributed by atoms with Crippen LogP contribution in [-0.2, 0) is 6.42 Å². The molecule has 0 aromatic heterocycles. The van der Waals surface area contributed by atoms with E-state index in [4.69, 9.17) is 5.84 Å². The predicted octanol–water partition coefficient (Wildman–Crippen LogP) is 2.26. The third-order valence-corrected chi connectivity index (χ3v) is 2.39. The zero-order chi connectivity index (χ0) is 11.3. The summed E-state index contributed by atoms with van der Waals surface area (Å²) in [5, 5.41) is 0. The first-order valence-corrected chi connectivity index (χ1v) is 5.69. The molecule has 0 fully saturated rings. The first-order valence-electron chi connectivity index (χ1n) is 4.89. The quantitative estimate of drug-likeness (QED) is 0.383. The molecule has 0 unspecified atom stereocenters. The lowest BCUT2D eigenvalue weighted by atomic mass is 10.1. The topological polar surface area (TPSA) is 50.4 Å². The minimum Gasteiger partial charge on any atom is -0.312 e. The van der Waals surface area contributed by atoms with Crippen LogP contribution in [0.4, 0.5) is 0 Å². The van der Waals surface area contributed by atoms with E-state index in [2.05, 4.69) is 38.5 Å². The SMILES string of the molecule is CC(C)N=C(Cc1ccc(Br)cc1)NN. The molecule has 3 N–H and O–H groups in total. The summed E-state index contributed by atoms with van der Waals surface area (Å²) in [4.78, 5) is 4.38. The van der Waals surface area contributed by atoms with Gasteiger partial charge in [-0.15, -0.1) is 0 Å². The van der Waals surface area contributed by atoms with Crippen molar-refractivity contribution >= 4 is 21.8 Å². The molecule has 1 rings (SSSR count). The standard InChI is InChI=1S/C11H16BrN3/c1-8(2)14-11(15-13)7-9-3-5-10(12)6-4-9/h3-6,8H,7,13H2,1-2H3,(H,14,15). The van der Waals surface area contributed by atoms with Crippen LogP contribution in [-0.4, -0.2) is 11.9 Å². The van der Waals surface area contributed by atoms with E-state index >= 15 is 0 Å². The second-order valence-corrected chi connectivity index (χ2v) is 4.53. The van der Waals surface area contributed by atoms with Gasteiger partial charge in [-0.1, -0.05) is 28.1 Å². The van der Waals surface area contributed by atoms with Crippen LogP contribution < -0.4 is 11.3 Å². The molecule has 0 amide bonds. The molecule has 82 valence electrons. The number of amidine groups is 1. The van der Waals surface area contributed by atoms with Gasteiger partial charge in [-0.25, -0.2) is 5.84 Å². The molecule has 0 atom stereocenters. The number of halogens is 1. The Morgan fingerprint density at radius 3 is 2.47 bits per heavy atom. The monoisotopic (exact) mass is 269 g/mol. The molecular formula is C11H16BrN3. The van der Waals surface area contributed by atoms with Gasteiger partial charge in [0, 0.05) is 16.9 Å². The molecule has 4 heteroatoms. The highest BCUT2D eigenvalue weighted by atomic mass is 79.9. The molecule has 0 saturated heterocycles. The van der Waals surface area contributed by atoms with E-state index in [0.717, 1.165) is 16.7 Å². The molecule has 0 spiro atoms. The van der Waals surface area contributed by atoms with Crippen LogP contribution in [0.15, 0.2) is 33.7 Å². The highest BCUT2D eigenvalue weighted by molar-refractivity contribution is 9.10. The summed E-state index contributed by atoms with van der Waals surface area (Å²) in [5.74, 6) is 6.22. The van der Waals surface area contributed by atoms with E-state index in [9.17, 15) is 0 Å². The Bertz CT molecular complexity index is 330. The molecule has 0 bridgehead atoms. The van der Waals surface area contributed by atoms with Gasteiger partial charge in [0.25, 0.3) is 0 Å². The molecule has 0 radical (unpaired) electrons. The van der Waals surface area contributed by atoms with E-state index in [1.807, 2.05) is 26.0 Å². The minimum atomic E-state index is 0.256. The smallest absolute Gasteiger partial charge is 0.115 e. The Morgan fingerprint density at radius 2 is 2.00 bits per heavy atom. The molecule has 15 heavy (non-hydrogen) atoms. The van der Waals surface area contributed by atoms with Gasteiger partial charge in [0.2, 0.25) is 0 Å². The van der Waals surface area contributed by atoms with Gasteiger partial charge in [-0.05, 0) is 31.5 Å². The highest BCUT2D eigenvalue weighted by Gasteiger charge is 2.00. The fourth-order valence-electron chi connectivity index (χ4n) is 1.24. The maximum atomic E-state index is 5.41.